The molecule has 2 unspecified atom stereocenters. The highest BCUT2D eigenvalue weighted by Crippen LogP contribution is 2.34. The van der Waals surface area contributed by atoms with Crippen molar-refractivity contribution in [3.05, 3.63) is 72.5 Å². The van der Waals surface area contributed by atoms with Crippen LogP contribution < -0.4 is 14.2 Å². The van der Waals surface area contributed by atoms with Crippen molar-refractivity contribution in [2.24, 2.45) is 0 Å². The minimum Gasteiger partial charge on any atom is -0.504 e. The van der Waals surface area contributed by atoms with Crippen LogP contribution in [0.3, 0.4) is 0 Å². The standard InChI is InChI=1S/C22H18N2O5/c1-3-17(12-26-20-8-15(10-23)4-6-18(20)25)28-14(2)22-13-27-21-9-16(11-24)5-7-19(21)29-22/h3-9,17,22,25H,1-2,12-13H2. The highest BCUT2D eigenvalue weighted by atomic mass is 16.6. The van der Waals surface area contributed by atoms with Crippen LogP contribution in [-0.2, 0) is 4.74 Å². The number of nitriles is 2. The van der Waals surface area contributed by atoms with Crippen LogP contribution in [0, 0.1) is 22.7 Å². The molecule has 3 rings (SSSR count). The molecule has 0 saturated heterocycles. The predicted molar refractivity (Wildman–Crippen MR) is 104 cm³/mol. The maximum absolute atomic E-state index is 9.86. The SMILES string of the molecule is C=CC(COc1cc(C#N)ccc1O)OC(=C)C1COc2cc(C#N)ccc2O1. The number of benzene rings is 2. The number of fused-ring (bicyclic) bond motifs is 1. The summed E-state index contributed by atoms with van der Waals surface area (Å²) in [7, 11) is 0. The summed E-state index contributed by atoms with van der Waals surface area (Å²) in [5, 5.41) is 27.8. The van der Waals surface area contributed by atoms with E-state index >= 15 is 0 Å². The molecule has 0 aliphatic carbocycles. The molecule has 2 atom stereocenters. The van der Waals surface area contributed by atoms with Crippen molar-refractivity contribution >= 4 is 0 Å². The molecule has 7 heteroatoms. The van der Waals surface area contributed by atoms with Crippen molar-refractivity contribution in [2.45, 2.75) is 12.2 Å². The van der Waals surface area contributed by atoms with Crippen molar-refractivity contribution in [1.82, 2.24) is 0 Å². The summed E-state index contributed by atoms with van der Waals surface area (Å²) in [5.74, 6) is 1.40. The van der Waals surface area contributed by atoms with Crippen LogP contribution in [0.4, 0.5) is 0 Å². The van der Waals surface area contributed by atoms with E-state index < -0.39 is 12.2 Å². The number of aromatic hydroxyl groups is 1. The molecule has 0 amide bonds. The van der Waals surface area contributed by atoms with E-state index in [1.807, 2.05) is 12.1 Å². The molecular weight excluding hydrogens is 372 g/mol. The number of rotatable bonds is 7. The van der Waals surface area contributed by atoms with Gasteiger partial charge in [-0.25, -0.2) is 0 Å². The third-order valence-electron chi connectivity index (χ3n) is 4.15. The zero-order chi connectivity index (χ0) is 20.8. The first-order chi connectivity index (χ1) is 14.0. The average Bonchev–Trinajstić information content (AvgIpc) is 2.76. The molecule has 1 aliphatic rings. The normalized spacial score (nSPS) is 15.3. The van der Waals surface area contributed by atoms with Gasteiger partial charge in [0.1, 0.15) is 19.0 Å². The Morgan fingerprint density at radius 3 is 2.66 bits per heavy atom. The van der Waals surface area contributed by atoms with Crippen LogP contribution in [0.2, 0.25) is 0 Å². The van der Waals surface area contributed by atoms with E-state index in [0.717, 1.165) is 0 Å². The molecule has 0 saturated carbocycles. The van der Waals surface area contributed by atoms with Crippen molar-refractivity contribution in [3.63, 3.8) is 0 Å². The molecule has 146 valence electrons. The number of nitrogens with zero attached hydrogens (tertiary/aromatic N) is 2. The van der Waals surface area contributed by atoms with Crippen LogP contribution in [0.25, 0.3) is 0 Å². The summed E-state index contributed by atoms with van der Waals surface area (Å²) in [4.78, 5) is 0. The van der Waals surface area contributed by atoms with Crippen LogP contribution in [0.1, 0.15) is 11.1 Å². The summed E-state index contributed by atoms with van der Waals surface area (Å²) >= 11 is 0. The van der Waals surface area contributed by atoms with Crippen LogP contribution in [0.15, 0.2) is 61.4 Å². The Kier molecular flexibility index (Phi) is 5.91. The van der Waals surface area contributed by atoms with Crippen molar-refractivity contribution in [2.75, 3.05) is 13.2 Å². The molecule has 2 aromatic carbocycles. The first-order valence-electron chi connectivity index (χ1n) is 8.71. The Morgan fingerprint density at radius 1 is 1.21 bits per heavy atom. The van der Waals surface area contributed by atoms with Gasteiger partial charge in [-0.3, -0.25) is 0 Å². The lowest BCUT2D eigenvalue weighted by molar-refractivity contribution is 0.0291. The quantitative estimate of drug-likeness (QED) is 0.570. The van der Waals surface area contributed by atoms with Gasteiger partial charge in [-0.1, -0.05) is 13.2 Å². The largest absolute Gasteiger partial charge is 0.504 e. The number of hydrogen-bond donors (Lipinski definition) is 1. The molecule has 0 fully saturated rings. The molecule has 0 radical (unpaired) electrons. The zero-order valence-corrected chi connectivity index (χ0v) is 15.5. The molecule has 7 nitrogen and oxygen atoms in total. The van der Waals surface area contributed by atoms with Gasteiger partial charge in [0.15, 0.2) is 35.2 Å². The van der Waals surface area contributed by atoms with Gasteiger partial charge in [0.2, 0.25) is 0 Å². The second kappa shape index (κ2) is 8.73. The van der Waals surface area contributed by atoms with E-state index in [0.29, 0.717) is 28.4 Å². The fraction of sp³-hybridized carbons (Fsp3) is 0.182. The Hall–Kier alpha value is -4.10. The summed E-state index contributed by atoms with van der Waals surface area (Å²) in [5.41, 5.74) is 0.845. The smallest absolute Gasteiger partial charge is 0.189 e. The zero-order valence-electron chi connectivity index (χ0n) is 15.5. The van der Waals surface area contributed by atoms with Gasteiger partial charge in [0, 0.05) is 12.1 Å². The number of hydrogen-bond acceptors (Lipinski definition) is 7. The molecule has 1 N–H and O–H groups in total. The Morgan fingerprint density at radius 2 is 1.93 bits per heavy atom. The fourth-order valence-corrected chi connectivity index (χ4v) is 2.59. The Bertz CT molecular complexity index is 1020. The summed E-state index contributed by atoms with van der Waals surface area (Å²) in [6.45, 7) is 7.84. The van der Waals surface area contributed by atoms with Crippen molar-refractivity contribution < 1.29 is 24.1 Å². The maximum Gasteiger partial charge on any atom is 0.189 e. The molecule has 0 aromatic heterocycles. The number of phenolic OH excluding ortho intramolecular Hbond substituents is 1. The Labute approximate surface area is 168 Å². The molecule has 29 heavy (non-hydrogen) atoms. The van der Waals surface area contributed by atoms with Gasteiger partial charge in [-0.15, -0.1) is 0 Å². The summed E-state index contributed by atoms with van der Waals surface area (Å²) < 4.78 is 22.8. The fourth-order valence-electron chi connectivity index (χ4n) is 2.59. The minimum atomic E-state index is -0.571. The lowest BCUT2D eigenvalue weighted by Gasteiger charge is -2.29. The van der Waals surface area contributed by atoms with Gasteiger partial charge < -0.3 is 24.1 Å². The van der Waals surface area contributed by atoms with E-state index in [4.69, 9.17) is 29.5 Å². The Balaban J connectivity index is 1.59. The second-order valence-electron chi connectivity index (χ2n) is 6.15. The average molecular weight is 390 g/mol. The van der Waals surface area contributed by atoms with Gasteiger partial charge in [0.05, 0.1) is 23.3 Å². The van der Waals surface area contributed by atoms with Gasteiger partial charge in [0.25, 0.3) is 0 Å². The van der Waals surface area contributed by atoms with Crippen molar-refractivity contribution in [1.29, 1.82) is 10.5 Å². The van der Waals surface area contributed by atoms with E-state index in [2.05, 4.69) is 13.2 Å². The third-order valence-corrected chi connectivity index (χ3v) is 4.15. The molecular formula is C22H18N2O5. The van der Waals surface area contributed by atoms with Crippen molar-refractivity contribution in [3.8, 4) is 35.1 Å². The van der Waals surface area contributed by atoms with Crippen LogP contribution in [0.5, 0.6) is 23.0 Å². The topological polar surface area (TPSA) is 105 Å². The number of ether oxygens (including phenoxy) is 4. The van der Waals surface area contributed by atoms with Gasteiger partial charge in [-0.2, -0.15) is 10.5 Å². The lowest BCUT2D eigenvalue weighted by Crippen LogP contribution is -2.33. The predicted octanol–water partition coefficient (Wildman–Crippen LogP) is 3.44. The third kappa shape index (κ3) is 4.60. The molecule has 1 heterocycles. The van der Waals surface area contributed by atoms with Gasteiger partial charge >= 0.3 is 0 Å². The molecule has 2 aromatic rings. The monoisotopic (exact) mass is 390 g/mol. The second-order valence-corrected chi connectivity index (χ2v) is 6.15. The lowest BCUT2D eigenvalue weighted by atomic mass is 10.2. The first-order valence-corrected chi connectivity index (χ1v) is 8.71. The molecule has 0 bridgehead atoms. The highest BCUT2D eigenvalue weighted by molar-refractivity contribution is 5.48. The minimum absolute atomic E-state index is 0.0423. The highest BCUT2D eigenvalue weighted by Gasteiger charge is 2.26. The van der Waals surface area contributed by atoms with Gasteiger partial charge in [-0.05, 0) is 30.3 Å². The van der Waals surface area contributed by atoms with E-state index in [9.17, 15) is 5.11 Å². The molecule has 0 spiro atoms. The number of phenols is 1. The van der Waals surface area contributed by atoms with E-state index in [-0.39, 0.29) is 24.7 Å². The van der Waals surface area contributed by atoms with E-state index in [1.165, 1.54) is 24.3 Å². The first kappa shape index (κ1) is 19.7. The van der Waals surface area contributed by atoms with Crippen LogP contribution in [-0.4, -0.2) is 30.5 Å². The summed E-state index contributed by atoms with van der Waals surface area (Å²) in [6.07, 6.45) is 0.416. The maximum atomic E-state index is 9.86. The summed E-state index contributed by atoms with van der Waals surface area (Å²) in [6, 6.07) is 13.2. The molecule has 1 aliphatic heterocycles. The van der Waals surface area contributed by atoms with Crippen LogP contribution >= 0.6 is 0 Å². The van der Waals surface area contributed by atoms with E-state index in [1.54, 1.807) is 18.2 Å².